The Morgan fingerprint density at radius 1 is 1.25 bits per heavy atom. The molecule has 0 aromatic rings. The summed E-state index contributed by atoms with van der Waals surface area (Å²) in [6, 6.07) is 1.24. The Labute approximate surface area is 81.5 Å². The Morgan fingerprint density at radius 3 is 2.17 bits per heavy atom. The normalized spacial score (nSPS) is 35.8. The molecule has 0 radical (unpaired) electrons. The number of nitrogens with one attached hydrogen (secondary N) is 1. The van der Waals surface area contributed by atoms with Crippen molar-refractivity contribution in [3.05, 3.63) is 0 Å². The highest BCUT2D eigenvalue weighted by molar-refractivity contribution is 5.85. The van der Waals surface area contributed by atoms with Crippen molar-refractivity contribution in [3.63, 3.8) is 0 Å². The summed E-state index contributed by atoms with van der Waals surface area (Å²) in [5.74, 6) is 0. The van der Waals surface area contributed by atoms with Crippen molar-refractivity contribution in [2.75, 3.05) is 6.61 Å². The molecule has 0 spiro atoms. The zero-order valence-electron chi connectivity index (χ0n) is 8.17. The van der Waals surface area contributed by atoms with Crippen LogP contribution in [0, 0.1) is 0 Å². The van der Waals surface area contributed by atoms with E-state index in [1.807, 2.05) is 0 Å². The van der Waals surface area contributed by atoms with Crippen LogP contribution < -0.4 is 5.32 Å². The van der Waals surface area contributed by atoms with Crippen molar-refractivity contribution in [1.82, 2.24) is 5.32 Å². The van der Waals surface area contributed by atoms with Gasteiger partial charge in [0.1, 0.15) is 0 Å². The van der Waals surface area contributed by atoms with Crippen molar-refractivity contribution >= 4 is 12.4 Å². The zero-order chi connectivity index (χ0) is 8.27. The second kappa shape index (κ2) is 5.79. The summed E-state index contributed by atoms with van der Waals surface area (Å²) in [6.07, 6.45) is 2.82. The van der Waals surface area contributed by atoms with Crippen LogP contribution in [-0.4, -0.2) is 24.8 Å². The average Bonchev–Trinajstić information content (AvgIpc) is 1.85. The van der Waals surface area contributed by atoms with Gasteiger partial charge in [0.05, 0.1) is 6.10 Å². The van der Waals surface area contributed by atoms with E-state index in [1.54, 1.807) is 0 Å². The lowest BCUT2D eigenvalue weighted by Crippen LogP contribution is -2.45. The third-order valence-electron chi connectivity index (χ3n) is 2.20. The van der Waals surface area contributed by atoms with E-state index in [0.717, 1.165) is 19.4 Å². The maximum absolute atomic E-state index is 5.58. The average molecular weight is 194 g/mol. The van der Waals surface area contributed by atoms with E-state index >= 15 is 0 Å². The van der Waals surface area contributed by atoms with Gasteiger partial charge in [0.15, 0.2) is 0 Å². The third kappa shape index (κ3) is 3.74. The molecule has 1 N–H and O–H groups in total. The van der Waals surface area contributed by atoms with E-state index in [4.69, 9.17) is 4.74 Å². The molecule has 2 nitrogen and oxygen atoms in total. The SMILES string of the molecule is CCOC1C[C@@H](C)N[C@@H](C)C1.Cl. The Kier molecular flexibility index (Phi) is 5.89. The molecule has 1 saturated heterocycles. The fraction of sp³-hybridized carbons (Fsp3) is 1.00. The third-order valence-corrected chi connectivity index (χ3v) is 2.20. The van der Waals surface area contributed by atoms with Crippen LogP contribution in [0.5, 0.6) is 0 Å². The molecule has 1 heterocycles. The van der Waals surface area contributed by atoms with Crippen molar-refractivity contribution in [2.24, 2.45) is 0 Å². The van der Waals surface area contributed by atoms with Crippen molar-refractivity contribution in [1.29, 1.82) is 0 Å². The summed E-state index contributed by atoms with van der Waals surface area (Å²) in [5.41, 5.74) is 0. The van der Waals surface area contributed by atoms with Gasteiger partial charge in [0.2, 0.25) is 0 Å². The summed E-state index contributed by atoms with van der Waals surface area (Å²) in [6.45, 7) is 7.37. The number of rotatable bonds is 2. The molecule has 3 heteroatoms. The smallest absolute Gasteiger partial charge is 0.0604 e. The fourth-order valence-electron chi connectivity index (χ4n) is 1.88. The number of halogens is 1. The van der Waals surface area contributed by atoms with Crippen molar-refractivity contribution < 1.29 is 4.74 Å². The predicted molar refractivity (Wildman–Crippen MR) is 54.0 cm³/mol. The molecule has 0 aliphatic carbocycles. The molecule has 1 unspecified atom stereocenters. The topological polar surface area (TPSA) is 21.3 Å². The van der Waals surface area contributed by atoms with Crippen molar-refractivity contribution in [2.45, 2.75) is 51.8 Å². The molecular weight excluding hydrogens is 174 g/mol. The molecule has 1 aliphatic heterocycles. The summed E-state index contributed by atoms with van der Waals surface area (Å²) in [4.78, 5) is 0. The van der Waals surface area contributed by atoms with Gasteiger partial charge in [0.25, 0.3) is 0 Å². The molecule has 0 bridgehead atoms. The standard InChI is InChI=1S/C9H19NO.ClH/c1-4-11-9-5-7(2)10-8(3)6-9;/h7-10H,4-6H2,1-3H3;1H/t7-,8+,9?;. The summed E-state index contributed by atoms with van der Waals surface area (Å²) in [7, 11) is 0. The minimum atomic E-state index is 0. The van der Waals surface area contributed by atoms with Crippen molar-refractivity contribution in [3.8, 4) is 0 Å². The monoisotopic (exact) mass is 193 g/mol. The molecule has 12 heavy (non-hydrogen) atoms. The minimum absolute atomic E-state index is 0. The lowest BCUT2D eigenvalue weighted by Gasteiger charge is -2.32. The van der Waals surface area contributed by atoms with Crippen LogP contribution in [0.15, 0.2) is 0 Å². The van der Waals surface area contributed by atoms with Gasteiger partial charge in [-0.05, 0) is 33.6 Å². The van der Waals surface area contributed by atoms with Gasteiger partial charge < -0.3 is 10.1 Å². The maximum atomic E-state index is 5.58. The van der Waals surface area contributed by atoms with Gasteiger partial charge in [-0.3, -0.25) is 0 Å². The van der Waals surface area contributed by atoms with Crippen LogP contribution in [0.4, 0.5) is 0 Å². The highest BCUT2D eigenvalue weighted by Gasteiger charge is 2.22. The van der Waals surface area contributed by atoms with E-state index in [1.165, 1.54) is 0 Å². The first-order valence-corrected chi connectivity index (χ1v) is 4.60. The first-order valence-electron chi connectivity index (χ1n) is 4.60. The molecule has 1 fully saturated rings. The van der Waals surface area contributed by atoms with Crippen LogP contribution in [0.3, 0.4) is 0 Å². The number of hydrogen-bond donors (Lipinski definition) is 1. The molecule has 1 rings (SSSR count). The lowest BCUT2D eigenvalue weighted by molar-refractivity contribution is 0.0213. The largest absolute Gasteiger partial charge is 0.378 e. The number of hydrogen-bond acceptors (Lipinski definition) is 2. The Hall–Kier alpha value is 0.210. The van der Waals surface area contributed by atoms with E-state index in [2.05, 4.69) is 26.1 Å². The first-order chi connectivity index (χ1) is 5.22. The highest BCUT2D eigenvalue weighted by atomic mass is 35.5. The molecule has 0 saturated carbocycles. The van der Waals surface area contributed by atoms with Crippen LogP contribution in [0.2, 0.25) is 0 Å². The molecule has 0 amide bonds. The van der Waals surface area contributed by atoms with Crippen LogP contribution in [0.25, 0.3) is 0 Å². The van der Waals surface area contributed by atoms with Crippen LogP contribution in [0.1, 0.15) is 33.6 Å². The van der Waals surface area contributed by atoms with Gasteiger partial charge in [-0.15, -0.1) is 12.4 Å². The molecule has 74 valence electrons. The number of piperidine rings is 1. The quantitative estimate of drug-likeness (QED) is 0.724. The van der Waals surface area contributed by atoms with E-state index in [9.17, 15) is 0 Å². The molecule has 0 aromatic heterocycles. The highest BCUT2D eigenvalue weighted by Crippen LogP contribution is 2.15. The van der Waals surface area contributed by atoms with Crippen LogP contribution >= 0.6 is 12.4 Å². The number of ether oxygens (including phenoxy) is 1. The molecule has 0 aromatic carbocycles. The van der Waals surface area contributed by atoms with E-state index in [-0.39, 0.29) is 12.4 Å². The van der Waals surface area contributed by atoms with Crippen LogP contribution in [-0.2, 0) is 4.74 Å². The Balaban J connectivity index is 0.00000121. The van der Waals surface area contributed by atoms with E-state index in [0.29, 0.717) is 18.2 Å². The summed E-state index contributed by atoms with van der Waals surface area (Å²) >= 11 is 0. The fourth-order valence-corrected chi connectivity index (χ4v) is 1.88. The van der Waals surface area contributed by atoms with Gasteiger partial charge in [-0.2, -0.15) is 0 Å². The first kappa shape index (κ1) is 12.2. The second-order valence-electron chi connectivity index (χ2n) is 3.52. The van der Waals surface area contributed by atoms with Gasteiger partial charge in [0, 0.05) is 18.7 Å². The van der Waals surface area contributed by atoms with E-state index < -0.39 is 0 Å². The lowest BCUT2D eigenvalue weighted by atomic mass is 9.98. The molecule has 1 aliphatic rings. The molecular formula is C9H20ClNO. The zero-order valence-corrected chi connectivity index (χ0v) is 8.99. The summed E-state index contributed by atoms with van der Waals surface area (Å²) < 4.78 is 5.58. The minimum Gasteiger partial charge on any atom is -0.378 e. The van der Waals surface area contributed by atoms with Gasteiger partial charge >= 0.3 is 0 Å². The summed E-state index contributed by atoms with van der Waals surface area (Å²) in [5, 5.41) is 3.49. The Morgan fingerprint density at radius 2 is 1.75 bits per heavy atom. The maximum Gasteiger partial charge on any atom is 0.0604 e. The predicted octanol–water partition coefficient (Wildman–Crippen LogP) is 1.97. The van der Waals surface area contributed by atoms with Gasteiger partial charge in [-0.1, -0.05) is 0 Å². The van der Waals surface area contributed by atoms with Gasteiger partial charge in [-0.25, -0.2) is 0 Å². The second-order valence-corrected chi connectivity index (χ2v) is 3.52. The Bertz CT molecular complexity index is 111. The molecule has 3 atom stereocenters.